The molecule has 2 aromatic heterocycles. The SMILES string of the molecule is CC(=O)n1cc(C2C=C(C(=O)NCc3nc4ccccc4[nH]3)OC(OCCOCCO)C2)c2ccccc21. The Kier molecular flexibility index (Phi) is 7.83. The van der Waals surface area contributed by atoms with Crippen molar-refractivity contribution in [1.29, 1.82) is 0 Å². The van der Waals surface area contributed by atoms with Gasteiger partial charge in [0.15, 0.2) is 5.76 Å². The van der Waals surface area contributed by atoms with Crippen molar-refractivity contribution in [1.82, 2.24) is 19.9 Å². The molecule has 10 heteroatoms. The average molecular weight is 519 g/mol. The van der Waals surface area contributed by atoms with Crippen LogP contribution >= 0.6 is 0 Å². The fraction of sp³-hybridized carbons (Fsp3) is 0.321. The number of allylic oxidation sites excluding steroid dienone is 1. The predicted octanol–water partition coefficient (Wildman–Crippen LogP) is 3.23. The summed E-state index contributed by atoms with van der Waals surface area (Å²) in [6.07, 6.45) is 3.36. The van der Waals surface area contributed by atoms with Crippen molar-refractivity contribution in [3.8, 4) is 0 Å². The summed E-state index contributed by atoms with van der Waals surface area (Å²) in [4.78, 5) is 33.2. The van der Waals surface area contributed by atoms with Gasteiger partial charge in [-0.15, -0.1) is 0 Å². The zero-order valence-electron chi connectivity index (χ0n) is 21.1. The van der Waals surface area contributed by atoms with Crippen LogP contribution < -0.4 is 5.32 Å². The van der Waals surface area contributed by atoms with E-state index in [4.69, 9.17) is 19.3 Å². The minimum Gasteiger partial charge on any atom is -0.459 e. The molecule has 0 saturated heterocycles. The lowest BCUT2D eigenvalue weighted by atomic mass is 9.92. The maximum absolute atomic E-state index is 13.2. The molecule has 2 atom stereocenters. The molecule has 0 spiro atoms. The van der Waals surface area contributed by atoms with Crippen LogP contribution in [0.5, 0.6) is 0 Å². The van der Waals surface area contributed by atoms with Crippen LogP contribution in [0.4, 0.5) is 0 Å². The van der Waals surface area contributed by atoms with E-state index in [1.54, 1.807) is 10.6 Å². The molecule has 3 heterocycles. The van der Waals surface area contributed by atoms with Crippen LogP contribution in [0.25, 0.3) is 21.9 Å². The summed E-state index contributed by atoms with van der Waals surface area (Å²) < 4.78 is 18.7. The number of hydrogen-bond acceptors (Lipinski definition) is 7. The van der Waals surface area contributed by atoms with Gasteiger partial charge in [0.25, 0.3) is 5.91 Å². The Morgan fingerprint density at radius 3 is 2.79 bits per heavy atom. The van der Waals surface area contributed by atoms with Crippen molar-refractivity contribution in [2.24, 2.45) is 0 Å². The molecule has 198 valence electrons. The van der Waals surface area contributed by atoms with Crippen molar-refractivity contribution < 1.29 is 28.9 Å². The van der Waals surface area contributed by atoms with Crippen LogP contribution in [-0.2, 0) is 25.5 Å². The fourth-order valence-corrected chi connectivity index (χ4v) is 4.64. The highest BCUT2D eigenvalue weighted by atomic mass is 16.7. The molecular weight excluding hydrogens is 488 g/mol. The van der Waals surface area contributed by atoms with Crippen molar-refractivity contribution in [2.45, 2.75) is 32.1 Å². The van der Waals surface area contributed by atoms with Gasteiger partial charge in [-0.25, -0.2) is 4.98 Å². The number of hydrogen-bond donors (Lipinski definition) is 3. The van der Waals surface area contributed by atoms with E-state index in [2.05, 4.69) is 15.3 Å². The van der Waals surface area contributed by atoms with Gasteiger partial charge in [0.05, 0.1) is 49.5 Å². The predicted molar refractivity (Wildman–Crippen MR) is 140 cm³/mol. The lowest BCUT2D eigenvalue weighted by molar-refractivity contribution is -0.151. The molecule has 10 nitrogen and oxygen atoms in total. The van der Waals surface area contributed by atoms with Crippen molar-refractivity contribution in [3.05, 3.63) is 78.0 Å². The van der Waals surface area contributed by atoms with Crippen molar-refractivity contribution in [3.63, 3.8) is 0 Å². The van der Waals surface area contributed by atoms with Gasteiger partial charge in [0.1, 0.15) is 5.82 Å². The summed E-state index contributed by atoms with van der Waals surface area (Å²) in [5.41, 5.74) is 3.43. The molecule has 1 aliphatic rings. The van der Waals surface area contributed by atoms with Crippen LogP contribution in [-0.4, -0.2) is 64.2 Å². The number of aromatic amines is 1. The average Bonchev–Trinajstić information content (AvgIpc) is 3.53. The van der Waals surface area contributed by atoms with Gasteiger partial charge in [0, 0.05) is 30.8 Å². The van der Waals surface area contributed by atoms with Gasteiger partial charge in [-0.2, -0.15) is 0 Å². The Balaban J connectivity index is 1.37. The van der Waals surface area contributed by atoms with E-state index in [9.17, 15) is 9.59 Å². The van der Waals surface area contributed by atoms with Gasteiger partial charge in [0.2, 0.25) is 12.2 Å². The molecular formula is C28H30N4O6. The van der Waals surface area contributed by atoms with Crippen LogP contribution in [0, 0.1) is 0 Å². The molecule has 0 fully saturated rings. The number of amides is 1. The number of aliphatic hydroxyl groups is 1. The van der Waals surface area contributed by atoms with Gasteiger partial charge < -0.3 is 29.6 Å². The Labute approximate surface area is 219 Å². The summed E-state index contributed by atoms with van der Waals surface area (Å²) in [6, 6.07) is 15.3. The van der Waals surface area contributed by atoms with E-state index in [0.717, 1.165) is 27.5 Å². The molecule has 0 aliphatic carbocycles. The smallest absolute Gasteiger partial charge is 0.286 e. The van der Waals surface area contributed by atoms with E-state index in [-0.39, 0.29) is 50.6 Å². The third-order valence-corrected chi connectivity index (χ3v) is 6.38. The molecule has 38 heavy (non-hydrogen) atoms. The number of rotatable bonds is 10. The number of nitrogens with one attached hydrogen (secondary N) is 2. The number of aromatic nitrogens is 3. The Hall–Kier alpha value is -3.99. The molecule has 0 saturated carbocycles. The Bertz CT molecular complexity index is 1440. The maximum Gasteiger partial charge on any atom is 0.286 e. The number of para-hydroxylation sites is 3. The quantitative estimate of drug-likeness (QED) is 0.275. The van der Waals surface area contributed by atoms with E-state index < -0.39 is 12.2 Å². The fourth-order valence-electron chi connectivity index (χ4n) is 4.64. The lowest BCUT2D eigenvalue weighted by Gasteiger charge is -2.29. The second kappa shape index (κ2) is 11.6. The van der Waals surface area contributed by atoms with Crippen LogP contribution in [0.1, 0.15) is 35.4 Å². The number of fused-ring (bicyclic) bond motifs is 2. The second-order valence-corrected chi connectivity index (χ2v) is 9.00. The van der Waals surface area contributed by atoms with Gasteiger partial charge in [-0.1, -0.05) is 30.3 Å². The molecule has 5 rings (SSSR count). The van der Waals surface area contributed by atoms with Crippen molar-refractivity contribution >= 4 is 33.8 Å². The van der Waals surface area contributed by atoms with Gasteiger partial charge in [-0.3, -0.25) is 14.2 Å². The number of H-pyrrole nitrogens is 1. The summed E-state index contributed by atoms with van der Waals surface area (Å²) in [5.74, 6) is 0.0467. The summed E-state index contributed by atoms with van der Waals surface area (Å²) in [7, 11) is 0. The Morgan fingerprint density at radius 2 is 1.97 bits per heavy atom. The van der Waals surface area contributed by atoms with Crippen LogP contribution in [0.3, 0.4) is 0 Å². The molecule has 0 radical (unpaired) electrons. The highest BCUT2D eigenvalue weighted by Crippen LogP contribution is 2.36. The number of carbonyl (C=O) groups is 2. The highest BCUT2D eigenvalue weighted by Gasteiger charge is 2.31. The minimum atomic E-state index is -0.700. The number of nitrogens with zero attached hydrogens (tertiary/aromatic N) is 2. The molecule has 4 aromatic rings. The van der Waals surface area contributed by atoms with E-state index in [1.807, 2.05) is 54.7 Å². The zero-order valence-corrected chi connectivity index (χ0v) is 21.1. The number of imidazole rings is 1. The third kappa shape index (κ3) is 5.62. The second-order valence-electron chi connectivity index (χ2n) is 9.00. The number of ether oxygens (including phenoxy) is 3. The lowest BCUT2D eigenvalue weighted by Crippen LogP contribution is -2.33. The van der Waals surface area contributed by atoms with Gasteiger partial charge >= 0.3 is 0 Å². The molecule has 0 bridgehead atoms. The largest absolute Gasteiger partial charge is 0.459 e. The number of carbonyl (C=O) groups excluding carboxylic acids is 2. The Morgan fingerprint density at radius 1 is 1.16 bits per heavy atom. The first-order valence-electron chi connectivity index (χ1n) is 12.5. The topological polar surface area (TPSA) is 128 Å². The molecule has 3 N–H and O–H groups in total. The van der Waals surface area contributed by atoms with E-state index in [0.29, 0.717) is 12.2 Å². The summed E-state index contributed by atoms with van der Waals surface area (Å²) in [6.45, 7) is 2.39. The molecule has 2 unspecified atom stereocenters. The highest BCUT2D eigenvalue weighted by molar-refractivity contribution is 5.95. The van der Waals surface area contributed by atoms with Crippen LogP contribution in [0.2, 0.25) is 0 Å². The van der Waals surface area contributed by atoms with Crippen LogP contribution in [0.15, 0.2) is 66.6 Å². The summed E-state index contributed by atoms with van der Waals surface area (Å²) >= 11 is 0. The van der Waals surface area contributed by atoms with Crippen molar-refractivity contribution in [2.75, 3.05) is 26.4 Å². The maximum atomic E-state index is 13.2. The molecule has 1 aliphatic heterocycles. The van der Waals surface area contributed by atoms with E-state index in [1.165, 1.54) is 6.92 Å². The molecule has 2 aromatic carbocycles. The minimum absolute atomic E-state index is 0.0689. The number of benzene rings is 2. The zero-order chi connectivity index (χ0) is 26.5. The van der Waals surface area contributed by atoms with Gasteiger partial charge in [-0.05, 0) is 29.8 Å². The standard InChI is InChI=1S/C28H30N4O6/c1-18(34)32-17-21(20-6-2-5-9-24(20)32)19-14-25(38-27(15-19)37-13-12-36-11-10-33)28(35)29-16-26-30-22-7-3-4-8-23(22)31-26/h2-9,14,17,19,27,33H,10-13,15-16H2,1H3,(H,29,35)(H,30,31). The number of aliphatic hydroxyl groups excluding tert-OH is 1. The molecule has 1 amide bonds. The first-order chi connectivity index (χ1) is 18.5. The third-order valence-electron chi connectivity index (χ3n) is 6.38. The normalized spacial score (nSPS) is 17.4. The monoisotopic (exact) mass is 518 g/mol. The van der Waals surface area contributed by atoms with E-state index >= 15 is 0 Å². The first-order valence-corrected chi connectivity index (χ1v) is 12.5. The summed E-state index contributed by atoms with van der Waals surface area (Å²) in [5, 5.41) is 12.7. The first kappa shape index (κ1) is 25.7.